The maximum Gasteiger partial charge on any atom is 0.249 e. The van der Waals surface area contributed by atoms with Gasteiger partial charge in [-0.3, -0.25) is 19.7 Å². The van der Waals surface area contributed by atoms with Gasteiger partial charge in [-0.15, -0.1) is 0 Å². The fourth-order valence-electron chi connectivity index (χ4n) is 1.54. The van der Waals surface area contributed by atoms with Gasteiger partial charge in [-0.2, -0.15) is 0 Å². The highest BCUT2D eigenvalue weighted by Gasteiger charge is 2.28. The van der Waals surface area contributed by atoms with Crippen LogP contribution in [0, 0.1) is 5.92 Å². The Morgan fingerprint density at radius 2 is 2.25 bits per heavy atom. The summed E-state index contributed by atoms with van der Waals surface area (Å²) in [7, 11) is 1.76. The Labute approximate surface area is 94.2 Å². The number of carbonyl (C=O) groups excluding carboxylic acids is 3. The largest absolute Gasteiger partial charge is 0.344 e. The van der Waals surface area contributed by atoms with Crippen molar-refractivity contribution < 1.29 is 14.4 Å². The number of nitrogens with one attached hydrogen (secondary N) is 3. The van der Waals surface area contributed by atoms with Crippen LogP contribution in [-0.4, -0.2) is 37.4 Å². The summed E-state index contributed by atoms with van der Waals surface area (Å²) in [6.45, 7) is 2.33. The Balaban J connectivity index is 2.45. The van der Waals surface area contributed by atoms with Crippen molar-refractivity contribution in [1.29, 1.82) is 0 Å². The minimum Gasteiger partial charge on any atom is -0.344 e. The Morgan fingerprint density at radius 1 is 1.56 bits per heavy atom. The molecule has 0 aromatic carbocycles. The minimum absolute atomic E-state index is 0.177. The molecule has 1 heterocycles. The third-order valence-corrected chi connectivity index (χ3v) is 2.51. The molecule has 0 spiro atoms. The molecule has 1 aliphatic rings. The zero-order valence-corrected chi connectivity index (χ0v) is 9.50. The van der Waals surface area contributed by atoms with Crippen molar-refractivity contribution in [2.24, 2.45) is 5.92 Å². The van der Waals surface area contributed by atoms with Crippen molar-refractivity contribution in [2.75, 3.05) is 13.6 Å². The van der Waals surface area contributed by atoms with Crippen molar-refractivity contribution in [1.82, 2.24) is 16.0 Å². The molecule has 16 heavy (non-hydrogen) atoms. The maximum absolute atomic E-state index is 11.6. The third-order valence-electron chi connectivity index (χ3n) is 2.51. The molecular formula is C10H17N3O3. The lowest BCUT2D eigenvalue weighted by Gasteiger charge is -2.23. The van der Waals surface area contributed by atoms with Gasteiger partial charge in [0.2, 0.25) is 17.7 Å². The van der Waals surface area contributed by atoms with Crippen molar-refractivity contribution in [2.45, 2.75) is 25.8 Å². The highest BCUT2D eigenvalue weighted by atomic mass is 16.2. The van der Waals surface area contributed by atoms with Gasteiger partial charge in [0.25, 0.3) is 0 Å². The van der Waals surface area contributed by atoms with Crippen molar-refractivity contribution >= 4 is 17.7 Å². The van der Waals surface area contributed by atoms with Crippen LogP contribution in [0.15, 0.2) is 0 Å². The minimum atomic E-state index is -0.579. The highest BCUT2D eigenvalue weighted by molar-refractivity contribution is 6.01. The van der Waals surface area contributed by atoms with Crippen LogP contribution >= 0.6 is 0 Å². The summed E-state index contributed by atoms with van der Waals surface area (Å²) in [4.78, 5) is 33.9. The van der Waals surface area contributed by atoms with Crippen LogP contribution in [0.3, 0.4) is 0 Å². The molecule has 0 saturated carbocycles. The van der Waals surface area contributed by atoms with Gasteiger partial charge in [0.15, 0.2) is 0 Å². The number of rotatable bonds is 4. The molecule has 2 atom stereocenters. The van der Waals surface area contributed by atoms with Crippen molar-refractivity contribution in [3.05, 3.63) is 0 Å². The van der Waals surface area contributed by atoms with E-state index < -0.39 is 11.9 Å². The fourth-order valence-corrected chi connectivity index (χ4v) is 1.54. The van der Waals surface area contributed by atoms with Crippen molar-refractivity contribution in [3.8, 4) is 0 Å². The number of piperidine rings is 1. The first-order valence-corrected chi connectivity index (χ1v) is 5.33. The quantitative estimate of drug-likeness (QED) is 0.524. The van der Waals surface area contributed by atoms with Gasteiger partial charge in [-0.05, 0) is 13.5 Å². The molecule has 0 bridgehead atoms. The number of amides is 3. The average Bonchev–Trinajstić information content (AvgIpc) is 2.22. The first kappa shape index (κ1) is 12.6. The molecular weight excluding hydrogens is 210 g/mol. The summed E-state index contributed by atoms with van der Waals surface area (Å²) in [6, 6.07) is -0.579. The van der Waals surface area contributed by atoms with E-state index in [2.05, 4.69) is 16.0 Å². The second-order valence-electron chi connectivity index (χ2n) is 3.97. The number of carbonyl (C=O) groups is 3. The number of hydrogen-bond donors (Lipinski definition) is 3. The van der Waals surface area contributed by atoms with E-state index in [1.807, 2.05) is 0 Å². The summed E-state index contributed by atoms with van der Waals surface area (Å²) < 4.78 is 0. The highest BCUT2D eigenvalue weighted by Crippen LogP contribution is 2.05. The molecule has 0 radical (unpaired) electrons. The Morgan fingerprint density at radius 3 is 2.81 bits per heavy atom. The third kappa shape index (κ3) is 3.30. The van der Waals surface area contributed by atoms with Crippen LogP contribution in [0.1, 0.15) is 19.8 Å². The van der Waals surface area contributed by atoms with Gasteiger partial charge >= 0.3 is 0 Å². The Bertz CT molecular complexity index is 304. The first-order valence-electron chi connectivity index (χ1n) is 5.33. The zero-order valence-electron chi connectivity index (χ0n) is 9.50. The maximum atomic E-state index is 11.6. The van der Waals surface area contributed by atoms with Crippen LogP contribution in [0.25, 0.3) is 0 Å². The molecule has 0 aliphatic carbocycles. The van der Waals surface area contributed by atoms with Gasteiger partial charge in [-0.1, -0.05) is 6.92 Å². The summed E-state index contributed by atoms with van der Waals surface area (Å²) in [5.74, 6) is -1.07. The molecule has 2 unspecified atom stereocenters. The normalized spacial score (nSPS) is 22.5. The van der Waals surface area contributed by atoms with Gasteiger partial charge in [-0.25, -0.2) is 0 Å². The van der Waals surface area contributed by atoms with E-state index in [4.69, 9.17) is 0 Å². The molecule has 1 saturated heterocycles. The van der Waals surface area contributed by atoms with E-state index in [-0.39, 0.29) is 24.2 Å². The zero-order chi connectivity index (χ0) is 12.1. The van der Waals surface area contributed by atoms with Gasteiger partial charge in [0, 0.05) is 18.9 Å². The summed E-state index contributed by atoms with van der Waals surface area (Å²) in [5.41, 5.74) is 0. The predicted octanol–water partition coefficient (Wildman–Crippen LogP) is -1.24. The van der Waals surface area contributed by atoms with E-state index in [0.717, 1.165) is 0 Å². The average molecular weight is 227 g/mol. The SMILES string of the molecule is CNCC(C)C(=O)NC1CCC(=O)NC1=O. The topological polar surface area (TPSA) is 87.3 Å². The smallest absolute Gasteiger partial charge is 0.249 e. The Hall–Kier alpha value is -1.43. The summed E-state index contributed by atoms with van der Waals surface area (Å²) in [6.07, 6.45) is 0.653. The molecule has 90 valence electrons. The molecule has 1 rings (SSSR count). The summed E-state index contributed by atoms with van der Waals surface area (Å²) >= 11 is 0. The molecule has 1 fully saturated rings. The van der Waals surface area contributed by atoms with E-state index in [0.29, 0.717) is 13.0 Å². The second-order valence-corrected chi connectivity index (χ2v) is 3.97. The van der Waals surface area contributed by atoms with Gasteiger partial charge < -0.3 is 10.6 Å². The van der Waals surface area contributed by atoms with E-state index >= 15 is 0 Å². The van der Waals surface area contributed by atoms with Crippen LogP contribution in [0.5, 0.6) is 0 Å². The lowest BCUT2D eigenvalue weighted by atomic mass is 10.0. The number of hydrogen-bond acceptors (Lipinski definition) is 4. The lowest BCUT2D eigenvalue weighted by Crippen LogP contribution is -2.53. The van der Waals surface area contributed by atoms with E-state index in [9.17, 15) is 14.4 Å². The molecule has 3 N–H and O–H groups in total. The van der Waals surface area contributed by atoms with E-state index in [1.165, 1.54) is 0 Å². The molecule has 0 aromatic rings. The number of imide groups is 1. The van der Waals surface area contributed by atoms with Crippen LogP contribution in [-0.2, 0) is 14.4 Å². The second kappa shape index (κ2) is 5.60. The molecule has 0 aromatic heterocycles. The van der Waals surface area contributed by atoms with Crippen LogP contribution < -0.4 is 16.0 Å². The lowest BCUT2D eigenvalue weighted by molar-refractivity contribution is -0.138. The first-order chi connectivity index (χ1) is 7.54. The van der Waals surface area contributed by atoms with Crippen LogP contribution in [0.2, 0.25) is 0 Å². The molecule has 6 nitrogen and oxygen atoms in total. The Kier molecular flexibility index (Phi) is 4.42. The monoisotopic (exact) mass is 227 g/mol. The predicted molar refractivity (Wildman–Crippen MR) is 57.4 cm³/mol. The summed E-state index contributed by atoms with van der Waals surface area (Å²) in [5, 5.41) is 7.72. The van der Waals surface area contributed by atoms with Gasteiger partial charge in [0.05, 0.1) is 0 Å². The van der Waals surface area contributed by atoms with Crippen molar-refractivity contribution in [3.63, 3.8) is 0 Å². The molecule has 3 amide bonds. The molecule has 6 heteroatoms. The standard InChI is InChI=1S/C10H17N3O3/c1-6(5-11-2)9(15)12-7-3-4-8(14)13-10(7)16/h6-7,11H,3-5H2,1-2H3,(H,12,15)(H,13,14,16). The van der Waals surface area contributed by atoms with Crippen LogP contribution in [0.4, 0.5) is 0 Å². The van der Waals surface area contributed by atoms with E-state index in [1.54, 1.807) is 14.0 Å². The fraction of sp³-hybridized carbons (Fsp3) is 0.700. The van der Waals surface area contributed by atoms with Gasteiger partial charge in [0.1, 0.15) is 6.04 Å². The molecule has 1 aliphatic heterocycles.